The summed E-state index contributed by atoms with van der Waals surface area (Å²) in [5, 5.41) is 10.8. The van der Waals surface area contributed by atoms with Gasteiger partial charge in [0.2, 0.25) is 0 Å². The average molecular weight is 339 g/mol. The van der Waals surface area contributed by atoms with E-state index in [1.54, 1.807) is 0 Å². The van der Waals surface area contributed by atoms with Crippen molar-refractivity contribution < 1.29 is 0 Å². The first-order chi connectivity index (χ1) is 11.7. The van der Waals surface area contributed by atoms with E-state index in [0.717, 1.165) is 33.9 Å². The van der Waals surface area contributed by atoms with Gasteiger partial charge in [-0.25, -0.2) is 9.97 Å². The fourth-order valence-electron chi connectivity index (χ4n) is 2.68. The van der Waals surface area contributed by atoms with Gasteiger partial charge in [0.25, 0.3) is 0 Å². The Balaban J connectivity index is 1.57. The van der Waals surface area contributed by atoms with Crippen LogP contribution in [0.3, 0.4) is 0 Å². The molecule has 2 N–H and O–H groups in total. The fourth-order valence-corrected chi connectivity index (χ4v) is 2.85. The Kier molecular flexibility index (Phi) is 3.66. The standard InChI is InChI=1S/C17H15ClN6/c1-24-15-6-5-12(18)8-14(15)22-16(24)9-19-13-4-2-3-11(7-13)17-20-10-21-23-17/h2-8,10,19H,9H2,1H3,(H,20,21,23). The summed E-state index contributed by atoms with van der Waals surface area (Å²) in [4.78, 5) is 8.82. The molecule has 0 aliphatic rings. The van der Waals surface area contributed by atoms with Gasteiger partial charge < -0.3 is 9.88 Å². The molecule has 0 amide bonds. The molecule has 0 unspecified atom stereocenters. The minimum absolute atomic E-state index is 0.614. The molecular formula is C17H15ClN6. The molecule has 0 fully saturated rings. The summed E-state index contributed by atoms with van der Waals surface area (Å²) in [5.41, 5.74) is 3.94. The largest absolute Gasteiger partial charge is 0.378 e. The van der Waals surface area contributed by atoms with E-state index in [4.69, 9.17) is 11.6 Å². The molecule has 4 rings (SSSR count). The van der Waals surface area contributed by atoms with Crippen LogP contribution in [0, 0.1) is 0 Å². The van der Waals surface area contributed by atoms with Crippen LogP contribution >= 0.6 is 11.6 Å². The van der Waals surface area contributed by atoms with E-state index in [1.807, 2.05) is 49.5 Å². The summed E-state index contributed by atoms with van der Waals surface area (Å²) in [5.74, 6) is 1.69. The van der Waals surface area contributed by atoms with Crippen LogP contribution in [0.1, 0.15) is 5.82 Å². The predicted octanol–water partition coefficient (Wildman–Crippen LogP) is 3.62. The summed E-state index contributed by atoms with van der Waals surface area (Å²) < 4.78 is 2.07. The summed E-state index contributed by atoms with van der Waals surface area (Å²) in [6.07, 6.45) is 1.50. The van der Waals surface area contributed by atoms with Crippen LogP contribution in [0.2, 0.25) is 5.02 Å². The molecule has 0 radical (unpaired) electrons. The number of hydrogen-bond acceptors (Lipinski definition) is 4. The Morgan fingerprint density at radius 2 is 2.12 bits per heavy atom. The van der Waals surface area contributed by atoms with Crippen molar-refractivity contribution in [3.05, 3.63) is 59.6 Å². The van der Waals surface area contributed by atoms with Crippen LogP contribution in [0.4, 0.5) is 5.69 Å². The molecule has 2 aromatic carbocycles. The van der Waals surface area contributed by atoms with Gasteiger partial charge in [-0.2, -0.15) is 5.10 Å². The molecule has 6 nitrogen and oxygen atoms in total. The molecule has 0 aliphatic heterocycles. The summed E-state index contributed by atoms with van der Waals surface area (Å²) in [6, 6.07) is 13.8. The number of aromatic nitrogens is 5. The van der Waals surface area contributed by atoms with E-state index in [-0.39, 0.29) is 0 Å². The van der Waals surface area contributed by atoms with Crippen molar-refractivity contribution in [1.82, 2.24) is 24.7 Å². The van der Waals surface area contributed by atoms with Gasteiger partial charge >= 0.3 is 0 Å². The highest BCUT2D eigenvalue weighted by Crippen LogP contribution is 2.22. The molecule has 0 saturated heterocycles. The third kappa shape index (κ3) is 2.72. The Hall–Kier alpha value is -2.86. The summed E-state index contributed by atoms with van der Waals surface area (Å²) in [7, 11) is 2.01. The zero-order valence-electron chi connectivity index (χ0n) is 13.0. The van der Waals surface area contributed by atoms with Gasteiger partial charge in [0.05, 0.1) is 17.6 Å². The van der Waals surface area contributed by atoms with Gasteiger partial charge in [-0.3, -0.25) is 5.10 Å². The zero-order valence-corrected chi connectivity index (χ0v) is 13.7. The Labute approximate surface area is 143 Å². The Morgan fingerprint density at radius 3 is 2.96 bits per heavy atom. The smallest absolute Gasteiger partial charge is 0.155 e. The SMILES string of the molecule is Cn1c(CNc2cccc(-c3ncn[nH]3)c2)nc2cc(Cl)ccc21. The lowest BCUT2D eigenvalue weighted by atomic mass is 10.2. The number of benzene rings is 2. The summed E-state index contributed by atoms with van der Waals surface area (Å²) in [6.45, 7) is 0.614. The maximum absolute atomic E-state index is 6.04. The molecule has 0 bridgehead atoms. The maximum Gasteiger partial charge on any atom is 0.155 e. The number of imidazole rings is 1. The van der Waals surface area contributed by atoms with E-state index in [0.29, 0.717) is 11.6 Å². The second-order valence-corrected chi connectivity index (χ2v) is 5.92. The van der Waals surface area contributed by atoms with E-state index in [1.165, 1.54) is 6.33 Å². The maximum atomic E-state index is 6.04. The van der Waals surface area contributed by atoms with E-state index in [2.05, 4.69) is 30.0 Å². The van der Waals surface area contributed by atoms with Crippen LogP contribution < -0.4 is 5.32 Å². The molecule has 0 atom stereocenters. The molecule has 0 aliphatic carbocycles. The number of hydrogen-bond donors (Lipinski definition) is 2. The van der Waals surface area contributed by atoms with Crippen LogP contribution in [0.5, 0.6) is 0 Å². The molecule has 2 heterocycles. The minimum atomic E-state index is 0.614. The van der Waals surface area contributed by atoms with Crippen LogP contribution in [0.25, 0.3) is 22.4 Å². The molecular weight excluding hydrogens is 324 g/mol. The normalized spacial score (nSPS) is 11.1. The average Bonchev–Trinajstić information content (AvgIpc) is 3.22. The number of anilines is 1. The first-order valence-electron chi connectivity index (χ1n) is 7.51. The molecule has 2 aromatic heterocycles. The highest BCUT2D eigenvalue weighted by molar-refractivity contribution is 6.31. The highest BCUT2D eigenvalue weighted by atomic mass is 35.5. The van der Waals surface area contributed by atoms with Gasteiger partial charge in [0.1, 0.15) is 12.2 Å². The Morgan fingerprint density at radius 1 is 1.21 bits per heavy atom. The molecule has 7 heteroatoms. The van der Waals surface area contributed by atoms with E-state index < -0.39 is 0 Å². The van der Waals surface area contributed by atoms with Crippen LogP contribution in [-0.2, 0) is 13.6 Å². The van der Waals surface area contributed by atoms with Crippen LogP contribution in [0.15, 0.2) is 48.8 Å². The molecule has 4 aromatic rings. The Bertz CT molecular complexity index is 990. The monoisotopic (exact) mass is 338 g/mol. The topological polar surface area (TPSA) is 71.4 Å². The van der Waals surface area contributed by atoms with Crippen molar-refractivity contribution >= 4 is 28.3 Å². The zero-order chi connectivity index (χ0) is 16.5. The van der Waals surface area contributed by atoms with Crippen molar-refractivity contribution in [1.29, 1.82) is 0 Å². The van der Waals surface area contributed by atoms with Gasteiger partial charge in [-0.05, 0) is 30.3 Å². The highest BCUT2D eigenvalue weighted by Gasteiger charge is 2.08. The quantitative estimate of drug-likeness (QED) is 0.596. The minimum Gasteiger partial charge on any atom is -0.378 e. The third-order valence-electron chi connectivity index (χ3n) is 3.94. The van der Waals surface area contributed by atoms with Gasteiger partial charge in [0, 0.05) is 23.3 Å². The van der Waals surface area contributed by atoms with E-state index >= 15 is 0 Å². The van der Waals surface area contributed by atoms with Gasteiger partial charge in [-0.1, -0.05) is 23.7 Å². The lowest BCUT2D eigenvalue weighted by molar-refractivity contribution is 0.834. The third-order valence-corrected chi connectivity index (χ3v) is 4.17. The molecule has 0 spiro atoms. The molecule has 24 heavy (non-hydrogen) atoms. The lowest BCUT2D eigenvalue weighted by Crippen LogP contribution is -2.05. The number of H-pyrrole nitrogens is 1. The molecule has 0 saturated carbocycles. The van der Waals surface area contributed by atoms with Crippen molar-refractivity contribution in [3.63, 3.8) is 0 Å². The first kappa shape index (κ1) is 14.7. The van der Waals surface area contributed by atoms with Crippen molar-refractivity contribution in [2.75, 3.05) is 5.32 Å². The number of aromatic amines is 1. The number of nitrogens with one attached hydrogen (secondary N) is 2. The number of fused-ring (bicyclic) bond motifs is 1. The number of rotatable bonds is 4. The number of halogens is 1. The summed E-state index contributed by atoms with van der Waals surface area (Å²) >= 11 is 6.04. The molecule has 120 valence electrons. The first-order valence-corrected chi connectivity index (χ1v) is 7.89. The van der Waals surface area contributed by atoms with Crippen LogP contribution in [-0.4, -0.2) is 24.7 Å². The second-order valence-electron chi connectivity index (χ2n) is 5.49. The number of nitrogens with zero attached hydrogens (tertiary/aromatic N) is 4. The van der Waals surface area contributed by atoms with Gasteiger partial charge in [-0.15, -0.1) is 0 Å². The number of aryl methyl sites for hydroxylation is 1. The fraction of sp³-hybridized carbons (Fsp3) is 0.118. The second kappa shape index (κ2) is 5.98. The van der Waals surface area contributed by atoms with Gasteiger partial charge in [0.15, 0.2) is 5.82 Å². The van der Waals surface area contributed by atoms with E-state index in [9.17, 15) is 0 Å². The van der Waals surface area contributed by atoms with Crippen molar-refractivity contribution in [3.8, 4) is 11.4 Å². The van der Waals surface area contributed by atoms with Crippen molar-refractivity contribution in [2.45, 2.75) is 6.54 Å². The lowest BCUT2D eigenvalue weighted by Gasteiger charge is -2.08. The van der Waals surface area contributed by atoms with Crippen molar-refractivity contribution in [2.24, 2.45) is 7.05 Å². The predicted molar refractivity (Wildman–Crippen MR) is 94.9 cm³/mol.